The lowest BCUT2D eigenvalue weighted by atomic mass is 10.2. The zero-order valence-corrected chi connectivity index (χ0v) is 21.7. The van der Waals surface area contributed by atoms with Gasteiger partial charge in [0, 0.05) is 49.3 Å². The minimum Gasteiger partial charge on any atom is -0.477 e. The molecule has 11 nitrogen and oxygen atoms in total. The molecule has 4 heterocycles. The van der Waals surface area contributed by atoms with Crippen LogP contribution in [-0.4, -0.2) is 61.8 Å². The first-order chi connectivity index (χ1) is 17.2. The molecule has 1 saturated carbocycles. The molecule has 190 valence electrons. The molecule has 0 unspecified atom stereocenters. The first-order valence-corrected chi connectivity index (χ1v) is 12.9. The van der Waals surface area contributed by atoms with Gasteiger partial charge in [0.05, 0.1) is 28.4 Å². The van der Waals surface area contributed by atoms with Gasteiger partial charge in [-0.05, 0) is 13.8 Å². The first-order valence-electron chi connectivity index (χ1n) is 11.3. The van der Waals surface area contributed by atoms with Crippen LogP contribution in [0.2, 0.25) is 10.0 Å². The number of aromatic nitrogens is 4. The highest BCUT2D eigenvalue weighted by molar-refractivity contribution is 7.17. The molecular formula is C22H23Cl2N7O4S. The van der Waals surface area contributed by atoms with E-state index in [1.54, 1.807) is 23.9 Å². The molecule has 3 atom stereocenters. The number of aromatic carboxylic acids is 1. The Bertz CT molecular complexity index is 1350. The Morgan fingerprint density at radius 3 is 2.58 bits per heavy atom. The Balaban J connectivity index is 1.21. The number of fused-ring (bicyclic) bond motifs is 1. The van der Waals surface area contributed by atoms with Gasteiger partial charge < -0.3 is 25.6 Å². The Morgan fingerprint density at radius 1 is 1.25 bits per heavy atom. The maximum Gasteiger partial charge on any atom is 0.347 e. The quantitative estimate of drug-likeness (QED) is 0.336. The molecule has 1 saturated heterocycles. The minimum atomic E-state index is -1.12. The third kappa shape index (κ3) is 4.44. The summed E-state index contributed by atoms with van der Waals surface area (Å²) in [6, 6.07) is 1.68. The molecule has 0 aromatic carbocycles. The normalized spacial score (nSPS) is 20.3. The molecule has 0 spiro atoms. The summed E-state index contributed by atoms with van der Waals surface area (Å²) in [7, 11) is 0. The van der Waals surface area contributed by atoms with Gasteiger partial charge in [0.25, 0.3) is 5.91 Å². The summed E-state index contributed by atoms with van der Waals surface area (Å²) in [6.07, 6.45) is 1.42. The molecule has 5 rings (SSSR count). The molecule has 4 N–H and O–H groups in total. The number of nitrogens with one attached hydrogen (secondary N) is 3. The summed E-state index contributed by atoms with van der Waals surface area (Å²) in [4.78, 5) is 46.5. The van der Waals surface area contributed by atoms with Gasteiger partial charge in [-0.3, -0.25) is 9.59 Å². The van der Waals surface area contributed by atoms with Crippen molar-refractivity contribution in [3.05, 3.63) is 44.3 Å². The number of aryl methyl sites for hydroxylation is 2. The van der Waals surface area contributed by atoms with Gasteiger partial charge in [0.2, 0.25) is 5.91 Å². The second-order valence-corrected chi connectivity index (χ2v) is 10.6. The maximum absolute atomic E-state index is 12.6. The molecule has 2 aliphatic rings. The van der Waals surface area contributed by atoms with Crippen LogP contribution in [0.25, 0.3) is 0 Å². The van der Waals surface area contributed by atoms with Crippen molar-refractivity contribution in [3.8, 4) is 0 Å². The van der Waals surface area contributed by atoms with E-state index in [1.165, 1.54) is 0 Å². The molecule has 1 aliphatic heterocycles. The van der Waals surface area contributed by atoms with Crippen molar-refractivity contribution in [1.82, 2.24) is 25.1 Å². The number of nitrogens with zero attached hydrogens (tertiary/aromatic N) is 4. The van der Waals surface area contributed by atoms with Crippen LogP contribution in [0.3, 0.4) is 0 Å². The van der Waals surface area contributed by atoms with Gasteiger partial charge >= 0.3 is 5.97 Å². The fraction of sp³-hybridized carbons (Fsp3) is 0.409. The zero-order chi connectivity index (χ0) is 25.7. The van der Waals surface area contributed by atoms with Crippen LogP contribution in [0, 0.1) is 18.8 Å². The van der Waals surface area contributed by atoms with E-state index in [-0.39, 0.29) is 57.4 Å². The van der Waals surface area contributed by atoms with E-state index < -0.39 is 5.97 Å². The lowest BCUT2D eigenvalue weighted by Crippen LogP contribution is -2.34. The number of carboxylic acid groups (broad SMARTS) is 1. The number of hydrogen-bond acceptors (Lipinski definition) is 7. The van der Waals surface area contributed by atoms with Gasteiger partial charge in [-0.1, -0.05) is 34.5 Å². The van der Waals surface area contributed by atoms with E-state index in [1.807, 2.05) is 11.8 Å². The van der Waals surface area contributed by atoms with Crippen molar-refractivity contribution in [3.63, 3.8) is 0 Å². The van der Waals surface area contributed by atoms with Crippen molar-refractivity contribution in [2.75, 3.05) is 23.3 Å². The summed E-state index contributed by atoms with van der Waals surface area (Å²) in [5.74, 6) is -0.807. The van der Waals surface area contributed by atoms with E-state index in [9.17, 15) is 19.5 Å². The number of aromatic amines is 1. The highest BCUT2D eigenvalue weighted by Gasteiger charge is 2.57. The Kier molecular flexibility index (Phi) is 6.43. The largest absolute Gasteiger partial charge is 0.477 e. The van der Waals surface area contributed by atoms with E-state index in [2.05, 4.69) is 25.7 Å². The molecule has 0 bridgehead atoms. The summed E-state index contributed by atoms with van der Waals surface area (Å²) >= 11 is 13.3. The lowest BCUT2D eigenvalue weighted by Gasteiger charge is -2.19. The molecule has 3 aromatic heterocycles. The van der Waals surface area contributed by atoms with Gasteiger partial charge in [0.1, 0.15) is 16.4 Å². The zero-order valence-electron chi connectivity index (χ0n) is 19.3. The topological polar surface area (TPSA) is 145 Å². The number of carbonyl (C=O) groups excluding carboxylic acids is 2. The molecular weight excluding hydrogens is 529 g/mol. The Labute approximate surface area is 219 Å². The number of piperidine rings is 1. The number of thiazole rings is 1. The number of carboxylic acids is 1. The van der Waals surface area contributed by atoms with E-state index in [0.717, 1.165) is 11.3 Å². The van der Waals surface area contributed by atoms with Crippen LogP contribution >= 0.6 is 34.5 Å². The van der Waals surface area contributed by atoms with Gasteiger partial charge in [-0.2, -0.15) is 5.10 Å². The fourth-order valence-electron chi connectivity index (χ4n) is 4.64. The molecule has 0 radical (unpaired) electrons. The SMILES string of the molecule is CCn1nccc1NC(=O)Cc1nc(N2C[C@@H]3[C@H](C2)[C@H]3NC(=O)c2[nH]c(C)c(Cl)c2Cl)sc1C(=O)O. The van der Waals surface area contributed by atoms with E-state index in [0.29, 0.717) is 41.3 Å². The second kappa shape index (κ2) is 9.41. The van der Waals surface area contributed by atoms with Gasteiger partial charge in [0.15, 0.2) is 5.13 Å². The number of H-pyrrole nitrogens is 1. The van der Waals surface area contributed by atoms with Gasteiger partial charge in [-0.15, -0.1) is 0 Å². The number of rotatable bonds is 8. The first kappa shape index (κ1) is 24.6. The highest BCUT2D eigenvalue weighted by Crippen LogP contribution is 2.48. The summed E-state index contributed by atoms with van der Waals surface area (Å²) in [5.41, 5.74) is 1.10. The standard InChI is InChI=1S/C22H23Cl2N7O4S/c1-3-31-13(4-5-25-31)28-14(32)6-12-19(21(34)35)36-22(27-12)30-7-10-11(8-30)17(10)29-20(33)18-16(24)15(23)9(2)26-18/h4-5,10-11,17,26H,3,6-8H2,1-2H3,(H,28,32)(H,29,33)(H,34,35)/t10-,11+,17+. The van der Waals surface area contributed by atoms with Crippen molar-refractivity contribution in [2.45, 2.75) is 32.9 Å². The number of hydrogen-bond donors (Lipinski definition) is 4. The smallest absolute Gasteiger partial charge is 0.347 e. The lowest BCUT2D eigenvalue weighted by molar-refractivity contribution is -0.115. The monoisotopic (exact) mass is 551 g/mol. The molecule has 3 aromatic rings. The Morgan fingerprint density at radius 2 is 1.97 bits per heavy atom. The minimum absolute atomic E-state index is 0.000213. The summed E-state index contributed by atoms with van der Waals surface area (Å²) < 4.78 is 1.63. The second-order valence-electron chi connectivity index (χ2n) is 8.82. The average molecular weight is 552 g/mol. The molecule has 1 aliphatic carbocycles. The molecule has 14 heteroatoms. The maximum atomic E-state index is 12.6. The van der Waals surface area contributed by atoms with E-state index >= 15 is 0 Å². The van der Waals surface area contributed by atoms with Crippen LogP contribution in [0.4, 0.5) is 10.9 Å². The number of carbonyl (C=O) groups is 3. The average Bonchev–Trinajstić information content (AvgIpc) is 3.36. The Hall–Kier alpha value is -3.09. The summed E-state index contributed by atoms with van der Waals surface area (Å²) in [6.45, 7) is 5.49. The van der Waals surface area contributed by atoms with Crippen LogP contribution in [0.15, 0.2) is 12.3 Å². The number of halogens is 2. The summed E-state index contributed by atoms with van der Waals surface area (Å²) in [5, 5.41) is 20.6. The predicted octanol–water partition coefficient (Wildman–Crippen LogP) is 3.05. The predicted molar refractivity (Wildman–Crippen MR) is 135 cm³/mol. The van der Waals surface area contributed by atoms with Crippen molar-refractivity contribution >= 4 is 63.3 Å². The van der Waals surface area contributed by atoms with E-state index in [4.69, 9.17) is 23.2 Å². The molecule has 2 amide bonds. The third-order valence-corrected chi connectivity index (χ3v) is 8.63. The third-order valence-electron chi connectivity index (χ3n) is 6.54. The number of amides is 2. The van der Waals surface area contributed by atoms with Crippen molar-refractivity contribution in [2.24, 2.45) is 11.8 Å². The van der Waals surface area contributed by atoms with Crippen molar-refractivity contribution < 1.29 is 19.5 Å². The molecule has 36 heavy (non-hydrogen) atoms. The van der Waals surface area contributed by atoms with Crippen molar-refractivity contribution in [1.29, 1.82) is 0 Å². The van der Waals surface area contributed by atoms with Crippen LogP contribution < -0.4 is 15.5 Å². The molecule has 2 fully saturated rings. The highest BCUT2D eigenvalue weighted by atomic mass is 35.5. The number of anilines is 2. The van der Waals surface area contributed by atoms with Gasteiger partial charge in [-0.25, -0.2) is 14.5 Å². The van der Waals surface area contributed by atoms with Crippen LogP contribution in [-0.2, 0) is 17.8 Å². The van der Waals surface area contributed by atoms with Crippen LogP contribution in [0.1, 0.15) is 38.5 Å². The van der Waals surface area contributed by atoms with Crippen LogP contribution in [0.5, 0.6) is 0 Å². The fourth-order valence-corrected chi connectivity index (χ4v) is 6.00.